The zero-order valence-corrected chi connectivity index (χ0v) is 29.0. The standard InChI is InChI=1S/C46H38N4O2/c1-29(35-23-11-17-31-13-3-7-19-37(31)35)47-45(51)49-41-27-25-33-15-5-9-21-39(33)43(41)44-40-22-10-6-16-34(40)26-28-42(44)50-46(52)48-30(2)36-24-12-18-32-14-4-8-20-38(32)36/h3-30H,1-2H3,(H2,47,49,51)(H2,48,50,52)/t29-,30-/m1/s1. The Morgan fingerprint density at radius 3 is 1.12 bits per heavy atom. The molecule has 0 saturated heterocycles. The minimum Gasteiger partial charge on any atom is -0.331 e. The number of benzene rings is 8. The van der Waals surface area contributed by atoms with Crippen LogP contribution in [0.1, 0.15) is 37.1 Å². The highest BCUT2D eigenvalue weighted by Gasteiger charge is 2.21. The monoisotopic (exact) mass is 678 g/mol. The second-order valence-corrected chi connectivity index (χ2v) is 13.2. The number of anilines is 2. The van der Waals surface area contributed by atoms with Gasteiger partial charge in [0.1, 0.15) is 0 Å². The third-order valence-electron chi connectivity index (χ3n) is 9.88. The van der Waals surface area contributed by atoms with Crippen molar-refractivity contribution >= 4 is 66.5 Å². The number of nitrogens with one attached hydrogen (secondary N) is 4. The van der Waals surface area contributed by atoms with E-state index in [2.05, 4.69) is 94.1 Å². The van der Waals surface area contributed by atoms with Crippen molar-refractivity contribution in [2.45, 2.75) is 25.9 Å². The van der Waals surface area contributed by atoms with Gasteiger partial charge in [-0.1, -0.05) is 146 Å². The molecule has 254 valence electrons. The van der Waals surface area contributed by atoms with Gasteiger partial charge in [-0.2, -0.15) is 0 Å². The predicted molar refractivity (Wildman–Crippen MR) is 216 cm³/mol. The zero-order chi connectivity index (χ0) is 35.6. The molecule has 4 N–H and O–H groups in total. The van der Waals surface area contributed by atoms with Crippen LogP contribution in [0.3, 0.4) is 0 Å². The molecule has 0 unspecified atom stereocenters. The van der Waals surface area contributed by atoms with Gasteiger partial charge >= 0.3 is 12.1 Å². The Bertz CT molecular complexity index is 2440. The Morgan fingerprint density at radius 1 is 0.385 bits per heavy atom. The molecule has 4 amide bonds. The Hall–Kier alpha value is -6.66. The first kappa shape index (κ1) is 32.5. The molecule has 6 nitrogen and oxygen atoms in total. The first-order chi connectivity index (χ1) is 25.4. The minimum atomic E-state index is -0.326. The van der Waals surface area contributed by atoms with E-state index in [4.69, 9.17) is 0 Å². The zero-order valence-electron chi connectivity index (χ0n) is 29.0. The van der Waals surface area contributed by atoms with Crippen molar-refractivity contribution in [2.75, 3.05) is 10.6 Å². The molecule has 0 aliphatic rings. The van der Waals surface area contributed by atoms with Gasteiger partial charge in [0.25, 0.3) is 0 Å². The van der Waals surface area contributed by atoms with Crippen LogP contribution < -0.4 is 21.3 Å². The first-order valence-corrected chi connectivity index (χ1v) is 17.6. The Labute approximate surface area is 302 Å². The van der Waals surface area contributed by atoms with Crippen molar-refractivity contribution in [3.8, 4) is 11.1 Å². The van der Waals surface area contributed by atoms with E-state index < -0.39 is 0 Å². The van der Waals surface area contributed by atoms with Crippen LogP contribution in [0.15, 0.2) is 158 Å². The lowest BCUT2D eigenvalue weighted by Gasteiger charge is -2.22. The number of urea groups is 2. The third-order valence-corrected chi connectivity index (χ3v) is 9.88. The van der Waals surface area contributed by atoms with Crippen LogP contribution in [0.2, 0.25) is 0 Å². The van der Waals surface area contributed by atoms with Crippen molar-refractivity contribution in [2.24, 2.45) is 0 Å². The normalized spacial score (nSPS) is 12.4. The van der Waals surface area contributed by atoms with Gasteiger partial charge in [0.2, 0.25) is 0 Å². The van der Waals surface area contributed by atoms with Gasteiger partial charge in [-0.05, 0) is 80.2 Å². The molecule has 6 heteroatoms. The predicted octanol–water partition coefficient (Wildman–Crippen LogP) is 11.7. The average Bonchev–Trinajstić information content (AvgIpc) is 3.17. The van der Waals surface area contributed by atoms with Gasteiger partial charge in [-0.15, -0.1) is 0 Å². The molecule has 0 aliphatic carbocycles. The number of rotatable bonds is 7. The average molecular weight is 679 g/mol. The van der Waals surface area contributed by atoms with Gasteiger partial charge in [0.05, 0.1) is 23.5 Å². The van der Waals surface area contributed by atoms with Crippen LogP contribution in [0.4, 0.5) is 21.0 Å². The largest absolute Gasteiger partial charge is 0.331 e. The molecular weight excluding hydrogens is 641 g/mol. The minimum absolute atomic E-state index is 0.253. The highest BCUT2D eigenvalue weighted by atomic mass is 16.2. The number of amides is 4. The fourth-order valence-electron chi connectivity index (χ4n) is 7.41. The fourth-order valence-corrected chi connectivity index (χ4v) is 7.41. The summed E-state index contributed by atoms with van der Waals surface area (Å²) in [6.45, 7) is 3.99. The molecule has 0 aromatic heterocycles. The van der Waals surface area contributed by atoms with Gasteiger partial charge in [0.15, 0.2) is 0 Å². The lowest BCUT2D eigenvalue weighted by molar-refractivity contribution is 0.248. The van der Waals surface area contributed by atoms with E-state index in [1.54, 1.807) is 0 Å². The summed E-state index contributed by atoms with van der Waals surface area (Å²) in [7, 11) is 0. The van der Waals surface area contributed by atoms with Crippen LogP contribution >= 0.6 is 0 Å². The smallest absolute Gasteiger partial charge is 0.319 e. The van der Waals surface area contributed by atoms with E-state index in [1.807, 2.05) is 98.8 Å². The quantitative estimate of drug-likeness (QED) is 0.135. The number of fused-ring (bicyclic) bond motifs is 4. The Kier molecular flexibility index (Phi) is 8.71. The molecule has 0 bridgehead atoms. The summed E-state index contributed by atoms with van der Waals surface area (Å²) >= 11 is 0. The van der Waals surface area contributed by atoms with Crippen molar-refractivity contribution in [1.82, 2.24) is 10.6 Å². The molecule has 0 fully saturated rings. The lowest BCUT2D eigenvalue weighted by atomic mass is 9.91. The lowest BCUT2D eigenvalue weighted by Crippen LogP contribution is -2.32. The first-order valence-electron chi connectivity index (χ1n) is 17.6. The maximum Gasteiger partial charge on any atom is 0.319 e. The van der Waals surface area contributed by atoms with E-state index in [0.29, 0.717) is 11.4 Å². The van der Waals surface area contributed by atoms with Crippen LogP contribution in [0, 0.1) is 0 Å². The van der Waals surface area contributed by atoms with Crippen molar-refractivity contribution < 1.29 is 9.59 Å². The summed E-state index contributed by atoms with van der Waals surface area (Å²) in [4.78, 5) is 27.7. The summed E-state index contributed by atoms with van der Waals surface area (Å²) < 4.78 is 0. The van der Waals surface area contributed by atoms with Crippen molar-refractivity contribution in [3.63, 3.8) is 0 Å². The topological polar surface area (TPSA) is 82.3 Å². The summed E-state index contributed by atoms with van der Waals surface area (Å²) in [5.41, 5.74) is 4.98. The molecule has 8 rings (SSSR count). The second-order valence-electron chi connectivity index (χ2n) is 13.2. The SMILES string of the molecule is C[C@@H](NC(=O)Nc1ccc2ccccc2c1-c1c(NC(=O)N[C@H](C)c2cccc3ccccc23)ccc2ccccc12)c1cccc2ccccc12. The molecule has 2 atom stereocenters. The van der Waals surface area contributed by atoms with Crippen LogP contribution in [-0.2, 0) is 0 Å². The highest BCUT2D eigenvalue weighted by Crippen LogP contribution is 2.44. The van der Waals surface area contributed by atoms with Gasteiger partial charge in [-0.3, -0.25) is 0 Å². The summed E-state index contributed by atoms with van der Waals surface area (Å²) in [6.07, 6.45) is 0. The van der Waals surface area contributed by atoms with Gasteiger partial charge < -0.3 is 21.3 Å². The number of carbonyl (C=O) groups excluding carboxylic acids is 2. The molecule has 0 saturated carbocycles. The van der Waals surface area contributed by atoms with Gasteiger partial charge in [-0.25, -0.2) is 9.59 Å². The molecule has 52 heavy (non-hydrogen) atoms. The molecular formula is C46H38N4O2. The number of hydrogen-bond donors (Lipinski definition) is 4. The van der Waals surface area contributed by atoms with Crippen molar-refractivity contribution in [1.29, 1.82) is 0 Å². The van der Waals surface area contributed by atoms with Crippen LogP contribution in [0.5, 0.6) is 0 Å². The highest BCUT2D eigenvalue weighted by molar-refractivity contribution is 6.16. The van der Waals surface area contributed by atoms with E-state index in [0.717, 1.165) is 65.3 Å². The van der Waals surface area contributed by atoms with Gasteiger partial charge in [0, 0.05) is 11.1 Å². The Morgan fingerprint density at radius 2 is 0.712 bits per heavy atom. The molecule has 8 aromatic rings. The van der Waals surface area contributed by atoms with E-state index in [9.17, 15) is 9.59 Å². The fraction of sp³-hybridized carbons (Fsp3) is 0.0870. The van der Waals surface area contributed by atoms with Crippen molar-refractivity contribution in [3.05, 3.63) is 169 Å². The molecule has 8 aromatic carbocycles. The molecule has 0 aliphatic heterocycles. The van der Waals surface area contributed by atoms with Crippen LogP contribution in [0.25, 0.3) is 54.2 Å². The van der Waals surface area contributed by atoms with E-state index in [1.165, 1.54) is 0 Å². The summed E-state index contributed by atoms with van der Waals surface area (Å²) in [5, 5.41) is 21.1. The van der Waals surface area contributed by atoms with Crippen LogP contribution in [-0.4, -0.2) is 12.1 Å². The maximum atomic E-state index is 13.8. The molecule has 0 heterocycles. The second kappa shape index (κ2) is 13.9. The summed E-state index contributed by atoms with van der Waals surface area (Å²) in [5.74, 6) is 0. The molecule has 0 spiro atoms. The third kappa shape index (κ3) is 6.27. The summed E-state index contributed by atoms with van der Waals surface area (Å²) in [6, 6.07) is 51.6. The number of carbonyl (C=O) groups is 2. The molecule has 0 radical (unpaired) electrons. The number of hydrogen-bond acceptors (Lipinski definition) is 2. The van der Waals surface area contributed by atoms with E-state index >= 15 is 0 Å². The van der Waals surface area contributed by atoms with E-state index in [-0.39, 0.29) is 24.1 Å². The maximum absolute atomic E-state index is 13.8. The Balaban J connectivity index is 1.16.